The standard InChI is InChI=1S/C25H23F3N2O/c1-2-3-6-17-9-15-20(16-10-17)30-23(18-11-13-19(14-12-18)25(26,27)28)29-22-8-5-4-7-21(22)24(30)31/h4-5,7-16,23,29H,2-3,6H2,1H3/t23-/m1/s1. The van der Waals surface area contributed by atoms with Crippen LogP contribution in [-0.4, -0.2) is 5.91 Å². The van der Waals surface area contributed by atoms with Crippen molar-refractivity contribution in [3.05, 3.63) is 95.1 Å². The minimum absolute atomic E-state index is 0.194. The lowest BCUT2D eigenvalue weighted by atomic mass is 10.0. The molecule has 0 saturated heterocycles. The highest BCUT2D eigenvalue weighted by molar-refractivity contribution is 6.12. The van der Waals surface area contributed by atoms with Crippen LogP contribution in [0.4, 0.5) is 24.5 Å². The number of aryl methyl sites for hydroxylation is 1. The van der Waals surface area contributed by atoms with Gasteiger partial charge in [0.25, 0.3) is 5.91 Å². The highest BCUT2D eigenvalue weighted by atomic mass is 19.4. The van der Waals surface area contributed by atoms with Crippen molar-refractivity contribution in [3.8, 4) is 0 Å². The summed E-state index contributed by atoms with van der Waals surface area (Å²) in [6.45, 7) is 2.14. The number of alkyl halides is 3. The molecule has 0 aromatic heterocycles. The van der Waals surface area contributed by atoms with Gasteiger partial charge in [0.2, 0.25) is 0 Å². The van der Waals surface area contributed by atoms with E-state index in [-0.39, 0.29) is 5.91 Å². The van der Waals surface area contributed by atoms with Gasteiger partial charge in [0, 0.05) is 11.4 Å². The van der Waals surface area contributed by atoms with Gasteiger partial charge in [-0.1, -0.05) is 49.7 Å². The van der Waals surface area contributed by atoms with Crippen molar-refractivity contribution in [3.63, 3.8) is 0 Å². The predicted octanol–water partition coefficient (Wildman–Crippen LogP) is 6.82. The molecule has 0 radical (unpaired) electrons. The second-order valence-corrected chi connectivity index (χ2v) is 7.66. The number of nitrogens with one attached hydrogen (secondary N) is 1. The van der Waals surface area contributed by atoms with Crippen molar-refractivity contribution >= 4 is 17.3 Å². The third-order valence-electron chi connectivity index (χ3n) is 5.51. The number of para-hydroxylation sites is 1. The smallest absolute Gasteiger partial charge is 0.360 e. The third-order valence-corrected chi connectivity index (χ3v) is 5.51. The van der Waals surface area contributed by atoms with E-state index in [1.165, 1.54) is 17.7 Å². The first kappa shape index (κ1) is 21.0. The summed E-state index contributed by atoms with van der Waals surface area (Å²) in [4.78, 5) is 15.0. The van der Waals surface area contributed by atoms with Crippen LogP contribution in [-0.2, 0) is 12.6 Å². The Morgan fingerprint density at radius 3 is 2.26 bits per heavy atom. The van der Waals surface area contributed by atoms with Crippen molar-refractivity contribution in [2.75, 3.05) is 10.2 Å². The van der Waals surface area contributed by atoms with Crippen molar-refractivity contribution in [2.24, 2.45) is 0 Å². The summed E-state index contributed by atoms with van der Waals surface area (Å²) in [5, 5.41) is 3.32. The van der Waals surface area contributed by atoms with Crippen molar-refractivity contribution < 1.29 is 18.0 Å². The number of rotatable bonds is 5. The molecule has 1 atom stereocenters. The fourth-order valence-corrected chi connectivity index (χ4v) is 3.81. The number of hydrogen-bond acceptors (Lipinski definition) is 2. The van der Waals surface area contributed by atoms with E-state index in [1.54, 1.807) is 23.1 Å². The Morgan fingerprint density at radius 2 is 1.61 bits per heavy atom. The lowest BCUT2D eigenvalue weighted by Crippen LogP contribution is -2.43. The van der Waals surface area contributed by atoms with Crippen molar-refractivity contribution in [1.82, 2.24) is 0 Å². The fourth-order valence-electron chi connectivity index (χ4n) is 3.81. The molecule has 1 heterocycles. The third kappa shape index (κ3) is 4.29. The zero-order valence-electron chi connectivity index (χ0n) is 17.1. The van der Waals surface area contributed by atoms with E-state index in [4.69, 9.17) is 0 Å². The number of carbonyl (C=O) groups is 1. The van der Waals surface area contributed by atoms with Crippen LogP contribution in [0, 0.1) is 0 Å². The van der Waals surface area contributed by atoms with Crippen molar-refractivity contribution in [1.29, 1.82) is 0 Å². The van der Waals surface area contributed by atoms with Crippen LogP contribution in [0.5, 0.6) is 0 Å². The fraction of sp³-hybridized carbons (Fsp3) is 0.240. The molecule has 1 aliphatic rings. The van der Waals surface area contributed by atoms with Crippen LogP contribution in [0.3, 0.4) is 0 Å². The molecule has 3 aromatic rings. The number of nitrogens with zero attached hydrogens (tertiary/aromatic N) is 1. The number of fused-ring (bicyclic) bond motifs is 1. The zero-order chi connectivity index (χ0) is 22.0. The minimum atomic E-state index is -4.41. The summed E-state index contributed by atoms with van der Waals surface area (Å²) in [6.07, 6.45) is -1.87. The van der Waals surface area contributed by atoms with Gasteiger partial charge in [0.05, 0.1) is 11.1 Å². The van der Waals surface area contributed by atoms with Gasteiger partial charge in [-0.2, -0.15) is 13.2 Å². The number of benzene rings is 3. The second kappa shape index (κ2) is 8.46. The summed E-state index contributed by atoms with van der Waals surface area (Å²) in [7, 11) is 0. The van der Waals surface area contributed by atoms with Gasteiger partial charge < -0.3 is 5.32 Å². The maximum absolute atomic E-state index is 13.4. The quantitative estimate of drug-likeness (QED) is 0.487. The highest BCUT2D eigenvalue weighted by Gasteiger charge is 2.35. The molecule has 3 nitrogen and oxygen atoms in total. The highest BCUT2D eigenvalue weighted by Crippen LogP contribution is 2.38. The maximum Gasteiger partial charge on any atom is 0.416 e. The molecule has 160 valence electrons. The van der Waals surface area contributed by atoms with Gasteiger partial charge in [-0.3, -0.25) is 9.69 Å². The van der Waals surface area contributed by atoms with E-state index >= 15 is 0 Å². The number of unbranched alkanes of at least 4 members (excludes halogenated alkanes) is 1. The molecule has 3 aromatic carbocycles. The summed E-state index contributed by atoms with van der Waals surface area (Å²) in [5.41, 5.74) is 2.93. The zero-order valence-corrected chi connectivity index (χ0v) is 17.1. The first-order chi connectivity index (χ1) is 14.9. The SMILES string of the molecule is CCCCc1ccc(N2C(=O)c3ccccc3N[C@H]2c2ccc(C(F)(F)F)cc2)cc1. The average molecular weight is 424 g/mol. The lowest BCUT2D eigenvalue weighted by molar-refractivity contribution is -0.137. The minimum Gasteiger partial charge on any atom is -0.360 e. The lowest BCUT2D eigenvalue weighted by Gasteiger charge is -2.38. The van der Waals surface area contributed by atoms with E-state index in [1.807, 2.05) is 30.3 Å². The van der Waals surface area contributed by atoms with Gasteiger partial charge in [-0.25, -0.2) is 0 Å². The van der Waals surface area contributed by atoms with Crippen LogP contribution in [0.1, 0.15) is 53.0 Å². The van der Waals surface area contributed by atoms with Crippen LogP contribution >= 0.6 is 0 Å². The van der Waals surface area contributed by atoms with E-state index in [2.05, 4.69) is 12.2 Å². The van der Waals surface area contributed by atoms with Crippen LogP contribution in [0.15, 0.2) is 72.8 Å². The normalized spacial score (nSPS) is 16.1. The molecule has 6 heteroatoms. The Morgan fingerprint density at radius 1 is 0.935 bits per heavy atom. The monoisotopic (exact) mass is 424 g/mol. The topological polar surface area (TPSA) is 32.3 Å². The molecule has 1 N–H and O–H groups in total. The van der Waals surface area contributed by atoms with E-state index in [0.717, 1.165) is 31.4 Å². The molecule has 1 amide bonds. The van der Waals surface area contributed by atoms with E-state index in [9.17, 15) is 18.0 Å². The Labute approximate surface area is 179 Å². The summed E-state index contributed by atoms with van der Waals surface area (Å²) < 4.78 is 39.0. The van der Waals surface area contributed by atoms with E-state index < -0.39 is 17.9 Å². The number of amides is 1. The van der Waals surface area contributed by atoms with Crippen molar-refractivity contribution in [2.45, 2.75) is 38.5 Å². The second-order valence-electron chi connectivity index (χ2n) is 7.66. The predicted molar refractivity (Wildman–Crippen MR) is 116 cm³/mol. The van der Waals surface area contributed by atoms with Gasteiger partial charge in [0.15, 0.2) is 0 Å². The molecular weight excluding hydrogens is 401 g/mol. The number of hydrogen-bond donors (Lipinski definition) is 1. The molecule has 4 rings (SSSR count). The largest absolute Gasteiger partial charge is 0.416 e. The molecular formula is C25H23F3N2O. The van der Waals surface area contributed by atoms with E-state index in [0.29, 0.717) is 22.5 Å². The number of halogens is 3. The molecule has 31 heavy (non-hydrogen) atoms. The van der Waals surface area contributed by atoms with Crippen LogP contribution in [0.25, 0.3) is 0 Å². The molecule has 0 saturated carbocycles. The Hall–Kier alpha value is -3.28. The maximum atomic E-state index is 13.4. The van der Waals surface area contributed by atoms with Gasteiger partial charge >= 0.3 is 6.18 Å². The molecule has 0 fully saturated rings. The molecule has 0 bridgehead atoms. The van der Waals surface area contributed by atoms with Gasteiger partial charge in [-0.05, 0) is 60.4 Å². The summed E-state index contributed by atoms with van der Waals surface area (Å²) in [6, 6.07) is 19.9. The van der Waals surface area contributed by atoms with Crippen LogP contribution in [0.2, 0.25) is 0 Å². The summed E-state index contributed by atoms with van der Waals surface area (Å²) in [5.74, 6) is -0.194. The Bertz CT molecular complexity index is 1060. The van der Waals surface area contributed by atoms with Gasteiger partial charge in [0.1, 0.15) is 6.17 Å². The Balaban J connectivity index is 1.73. The molecule has 0 unspecified atom stereocenters. The molecule has 1 aliphatic heterocycles. The number of anilines is 2. The molecule has 0 aliphatic carbocycles. The van der Waals surface area contributed by atoms with Crippen LogP contribution < -0.4 is 10.2 Å². The molecule has 0 spiro atoms. The van der Waals surface area contributed by atoms with Gasteiger partial charge in [-0.15, -0.1) is 0 Å². The summed E-state index contributed by atoms with van der Waals surface area (Å²) >= 11 is 0. The average Bonchev–Trinajstić information content (AvgIpc) is 2.78. The number of carbonyl (C=O) groups excluding carboxylic acids is 1. The Kier molecular flexibility index (Phi) is 5.72. The first-order valence-corrected chi connectivity index (χ1v) is 10.3. The first-order valence-electron chi connectivity index (χ1n) is 10.3.